The SMILES string of the molecule is Cc1cccc(-c2cccc(CNC(=O)c3cccc(-n4nnnc4N)c3)c2)c1. The first-order valence-electron chi connectivity index (χ1n) is 9.18. The van der Waals surface area contributed by atoms with Crippen molar-refractivity contribution in [2.24, 2.45) is 0 Å². The second-order valence-electron chi connectivity index (χ2n) is 6.75. The maximum atomic E-state index is 12.6. The van der Waals surface area contributed by atoms with Crippen LogP contribution in [0.1, 0.15) is 21.5 Å². The summed E-state index contributed by atoms with van der Waals surface area (Å²) < 4.78 is 1.38. The van der Waals surface area contributed by atoms with Gasteiger partial charge in [0.15, 0.2) is 0 Å². The van der Waals surface area contributed by atoms with Gasteiger partial charge in [0.05, 0.1) is 5.69 Å². The molecule has 0 saturated heterocycles. The van der Waals surface area contributed by atoms with Crippen LogP contribution in [0.2, 0.25) is 0 Å². The molecule has 0 fully saturated rings. The number of carbonyl (C=O) groups is 1. The topological polar surface area (TPSA) is 98.7 Å². The molecule has 7 nitrogen and oxygen atoms in total. The van der Waals surface area contributed by atoms with Gasteiger partial charge < -0.3 is 11.1 Å². The Morgan fingerprint density at radius 1 is 1.00 bits per heavy atom. The van der Waals surface area contributed by atoms with Crippen LogP contribution in [-0.2, 0) is 6.54 Å². The van der Waals surface area contributed by atoms with E-state index in [1.165, 1.54) is 10.2 Å². The minimum Gasteiger partial charge on any atom is -0.366 e. The van der Waals surface area contributed by atoms with Crippen molar-refractivity contribution in [3.63, 3.8) is 0 Å². The van der Waals surface area contributed by atoms with Gasteiger partial charge in [-0.1, -0.05) is 59.2 Å². The lowest BCUT2D eigenvalue weighted by atomic mass is 10.0. The maximum absolute atomic E-state index is 12.6. The molecule has 0 saturated carbocycles. The van der Waals surface area contributed by atoms with E-state index in [2.05, 4.69) is 58.1 Å². The number of amides is 1. The summed E-state index contributed by atoms with van der Waals surface area (Å²) in [5.74, 6) is -0.0185. The number of nitrogen functional groups attached to an aromatic ring is 1. The molecule has 1 aromatic heterocycles. The summed E-state index contributed by atoms with van der Waals surface area (Å²) in [5, 5.41) is 14.0. The highest BCUT2D eigenvalue weighted by molar-refractivity contribution is 5.94. The van der Waals surface area contributed by atoms with Crippen LogP contribution < -0.4 is 11.1 Å². The van der Waals surface area contributed by atoms with Crippen molar-refractivity contribution in [1.82, 2.24) is 25.5 Å². The largest absolute Gasteiger partial charge is 0.366 e. The minimum atomic E-state index is -0.181. The smallest absolute Gasteiger partial charge is 0.251 e. The normalized spacial score (nSPS) is 10.7. The molecule has 0 unspecified atom stereocenters. The quantitative estimate of drug-likeness (QED) is 0.551. The molecule has 1 heterocycles. The number of aromatic nitrogens is 4. The number of nitrogens with one attached hydrogen (secondary N) is 1. The van der Waals surface area contributed by atoms with Crippen molar-refractivity contribution in [2.75, 3.05) is 5.73 Å². The Morgan fingerprint density at radius 2 is 1.76 bits per heavy atom. The predicted octanol–water partition coefficient (Wildman–Crippen LogP) is 3.15. The van der Waals surface area contributed by atoms with Crippen LogP contribution >= 0.6 is 0 Å². The Labute approximate surface area is 168 Å². The third kappa shape index (κ3) is 4.14. The number of hydrogen-bond acceptors (Lipinski definition) is 5. The molecular weight excluding hydrogens is 364 g/mol. The van der Waals surface area contributed by atoms with Gasteiger partial charge in [-0.05, 0) is 58.3 Å². The Morgan fingerprint density at radius 3 is 2.52 bits per heavy atom. The van der Waals surface area contributed by atoms with Gasteiger partial charge in [0.1, 0.15) is 0 Å². The summed E-state index contributed by atoms with van der Waals surface area (Å²) in [6.07, 6.45) is 0. The molecule has 0 aliphatic heterocycles. The zero-order valence-corrected chi connectivity index (χ0v) is 15.9. The van der Waals surface area contributed by atoms with Gasteiger partial charge in [-0.25, -0.2) is 0 Å². The van der Waals surface area contributed by atoms with E-state index in [1.807, 2.05) is 18.2 Å². The number of carbonyl (C=O) groups excluding carboxylic acids is 1. The molecular formula is C22H20N6O. The van der Waals surface area contributed by atoms with Crippen molar-refractivity contribution in [3.8, 4) is 16.8 Å². The van der Waals surface area contributed by atoms with Crippen LogP contribution in [0, 0.1) is 6.92 Å². The average molecular weight is 384 g/mol. The van der Waals surface area contributed by atoms with Crippen LogP contribution in [0.25, 0.3) is 16.8 Å². The van der Waals surface area contributed by atoms with Gasteiger partial charge in [0.2, 0.25) is 5.95 Å². The molecule has 3 N–H and O–H groups in total. The number of hydrogen-bond donors (Lipinski definition) is 2. The van der Waals surface area contributed by atoms with Gasteiger partial charge in [-0.15, -0.1) is 0 Å². The van der Waals surface area contributed by atoms with Crippen LogP contribution in [-0.4, -0.2) is 26.1 Å². The Bertz CT molecular complexity index is 1170. The summed E-state index contributed by atoms with van der Waals surface area (Å²) in [5.41, 5.74) is 11.4. The average Bonchev–Trinajstić information content (AvgIpc) is 3.18. The molecule has 4 aromatic rings. The second kappa shape index (κ2) is 7.93. The molecule has 4 rings (SSSR count). The molecule has 0 atom stereocenters. The van der Waals surface area contributed by atoms with E-state index in [1.54, 1.807) is 24.3 Å². The summed E-state index contributed by atoms with van der Waals surface area (Å²) in [6.45, 7) is 2.50. The van der Waals surface area contributed by atoms with Gasteiger partial charge in [-0.3, -0.25) is 4.79 Å². The third-order valence-electron chi connectivity index (χ3n) is 4.58. The molecule has 0 radical (unpaired) electrons. The van der Waals surface area contributed by atoms with Crippen molar-refractivity contribution in [1.29, 1.82) is 0 Å². The van der Waals surface area contributed by atoms with Gasteiger partial charge in [0, 0.05) is 12.1 Å². The van der Waals surface area contributed by atoms with Crippen LogP contribution in [0.4, 0.5) is 5.95 Å². The van der Waals surface area contributed by atoms with E-state index < -0.39 is 0 Å². The fraction of sp³-hybridized carbons (Fsp3) is 0.0909. The van der Waals surface area contributed by atoms with Gasteiger partial charge in [-0.2, -0.15) is 4.68 Å². The van der Waals surface area contributed by atoms with E-state index in [0.717, 1.165) is 16.7 Å². The number of nitrogens with zero attached hydrogens (tertiary/aromatic N) is 4. The summed E-state index contributed by atoms with van der Waals surface area (Å²) >= 11 is 0. The molecule has 0 aliphatic rings. The molecule has 7 heteroatoms. The van der Waals surface area contributed by atoms with E-state index in [0.29, 0.717) is 17.8 Å². The third-order valence-corrected chi connectivity index (χ3v) is 4.58. The van der Waals surface area contributed by atoms with Crippen LogP contribution in [0.5, 0.6) is 0 Å². The number of aryl methyl sites for hydroxylation is 1. The first-order chi connectivity index (χ1) is 14.1. The summed E-state index contributed by atoms with van der Waals surface area (Å²) in [7, 11) is 0. The van der Waals surface area contributed by atoms with Crippen LogP contribution in [0.3, 0.4) is 0 Å². The lowest BCUT2D eigenvalue weighted by Gasteiger charge is -2.09. The van der Waals surface area contributed by atoms with E-state index in [9.17, 15) is 4.79 Å². The lowest BCUT2D eigenvalue weighted by Crippen LogP contribution is -2.23. The Hall–Kier alpha value is -4.00. The highest BCUT2D eigenvalue weighted by atomic mass is 16.1. The maximum Gasteiger partial charge on any atom is 0.251 e. The van der Waals surface area contributed by atoms with Crippen molar-refractivity contribution in [2.45, 2.75) is 13.5 Å². The fourth-order valence-corrected chi connectivity index (χ4v) is 3.13. The van der Waals surface area contributed by atoms with Crippen molar-refractivity contribution < 1.29 is 4.79 Å². The molecule has 0 spiro atoms. The molecule has 0 bridgehead atoms. The standard InChI is InChI=1S/C22H20N6O/c1-15-5-2-7-17(11-15)18-8-3-6-16(12-18)14-24-21(29)19-9-4-10-20(13-19)28-22(23)25-26-27-28/h2-13H,14H2,1H3,(H,24,29)(H2,23,25,27). The van der Waals surface area contributed by atoms with Gasteiger partial charge >= 0.3 is 0 Å². The fourth-order valence-electron chi connectivity index (χ4n) is 3.13. The molecule has 29 heavy (non-hydrogen) atoms. The Balaban J connectivity index is 1.48. The molecule has 3 aromatic carbocycles. The number of tetrazole rings is 1. The second-order valence-corrected chi connectivity index (χ2v) is 6.75. The van der Waals surface area contributed by atoms with E-state index in [-0.39, 0.29) is 11.9 Å². The summed E-state index contributed by atoms with van der Waals surface area (Å²) in [6, 6.07) is 23.5. The number of rotatable bonds is 5. The van der Waals surface area contributed by atoms with Gasteiger partial charge in [0.25, 0.3) is 5.91 Å². The number of benzene rings is 3. The Kier molecular flexibility index (Phi) is 5.03. The molecule has 0 aliphatic carbocycles. The predicted molar refractivity (Wildman–Crippen MR) is 111 cm³/mol. The lowest BCUT2D eigenvalue weighted by molar-refractivity contribution is 0.0951. The van der Waals surface area contributed by atoms with E-state index in [4.69, 9.17) is 5.73 Å². The minimum absolute atomic E-state index is 0.163. The van der Waals surface area contributed by atoms with Crippen LogP contribution in [0.15, 0.2) is 72.8 Å². The first-order valence-corrected chi connectivity index (χ1v) is 9.18. The zero-order valence-electron chi connectivity index (χ0n) is 15.9. The summed E-state index contributed by atoms with van der Waals surface area (Å²) in [4.78, 5) is 12.6. The number of anilines is 1. The van der Waals surface area contributed by atoms with E-state index >= 15 is 0 Å². The number of nitrogens with two attached hydrogens (primary N) is 1. The first kappa shape index (κ1) is 18.4. The van der Waals surface area contributed by atoms with Crippen molar-refractivity contribution in [3.05, 3.63) is 89.5 Å². The monoisotopic (exact) mass is 384 g/mol. The zero-order chi connectivity index (χ0) is 20.2. The van der Waals surface area contributed by atoms with Crippen molar-refractivity contribution >= 4 is 11.9 Å². The highest BCUT2D eigenvalue weighted by Gasteiger charge is 2.10. The molecule has 144 valence electrons. The highest BCUT2D eigenvalue weighted by Crippen LogP contribution is 2.21. The molecule has 1 amide bonds.